The molecule has 9 heteroatoms. The Morgan fingerprint density at radius 2 is 1.90 bits per heavy atom. The lowest BCUT2D eigenvalue weighted by molar-refractivity contribution is -0.124. The molecule has 0 radical (unpaired) electrons. The molecule has 0 aliphatic carbocycles. The number of carbonyl (C=O) groups excluding carboxylic acids is 1. The topological polar surface area (TPSA) is 84.9 Å². The number of ether oxygens (including phenoxy) is 2. The lowest BCUT2D eigenvalue weighted by Crippen LogP contribution is -2.45. The summed E-state index contributed by atoms with van der Waals surface area (Å²) in [5.41, 5.74) is 0.341. The van der Waals surface area contributed by atoms with Crippen molar-refractivity contribution in [2.75, 3.05) is 20.8 Å². The normalized spacial score (nSPS) is 17.1. The van der Waals surface area contributed by atoms with E-state index in [1.165, 1.54) is 42.8 Å². The summed E-state index contributed by atoms with van der Waals surface area (Å²) >= 11 is 0. The fourth-order valence-corrected chi connectivity index (χ4v) is 5.02. The highest BCUT2D eigenvalue weighted by Crippen LogP contribution is 2.33. The Bertz CT molecular complexity index is 996. The van der Waals surface area contributed by atoms with Crippen molar-refractivity contribution in [3.63, 3.8) is 0 Å². The van der Waals surface area contributed by atoms with Crippen LogP contribution in [0.3, 0.4) is 0 Å². The summed E-state index contributed by atoms with van der Waals surface area (Å²) in [6.07, 6.45) is 0.958. The largest absolute Gasteiger partial charge is 0.493 e. The minimum absolute atomic E-state index is 0.00769. The van der Waals surface area contributed by atoms with Gasteiger partial charge in [-0.3, -0.25) is 4.79 Å². The first kappa shape index (κ1) is 21.1. The number of benzene rings is 2. The second-order valence-electron chi connectivity index (χ2n) is 6.60. The standard InChI is InChI=1S/C20H23FN2O5S/c1-27-18-10-9-15(12-19(18)28-2)29(25,26)23-11-5-8-17(23)20(24)22-13-14-6-3-4-7-16(14)21/h3-4,6-7,9-10,12,17H,5,8,11,13H2,1-2H3,(H,22,24). The van der Waals surface area contributed by atoms with E-state index in [-0.39, 0.29) is 23.7 Å². The number of carbonyl (C=O) groups is 1. The van der Waals surface area contributed by atoms with Crippen LogP contribution in [0.5, 0.6) is 11.5 Å². The maximum atomic E-state index is 13.8. The molecule has 0 saturated carbocycles. The Kier molecular flexibility index (Phi) is 6.39. The third-order valence-electron chi connectivity index (χ3n) is 4.88. The van der Waals surface area contributed by atoms with Crippen LogP contribution in [0.1, 0.15) is 18.4 Å². The predicted octanol–water partition coefficient (Wildman–Crippen LogP) is 2.31. The summed E-state index contributed by atoms with van der Waals surface area (Å²) in [4.78, 5) is 12.7. The Morgan fingerprint density at radius 1 is 1.17 bits per heavy atom. The maximum absolute atomic E-state index is 13.8. The van der Waals surface area contributed by atoms with E-state index in [1.54, 1.807) is 18.2 Å². The molecule has 1 amide bonds. The maximum Gasteiger partial charge on any atom is 0.243 e. The molecule has 2 aromatic rings. The average Bonchev–Trinajstić information content (AvgIpc) is 3.23. The first-order valence-electron chi connectivity index (χ1n) is 9.13. The minimum atomic E-state index is -3.92. The molecule has 0 bridgehead atoms. The van der Waals surface area contributed by atoms with E-state index >= 15 is 0 Å². The molecule has 156 valence electrons. The smallest absolute Gasteiger partial charge is 0.243 e. The highest BCUT2D eigenvalue weighted by Gasteiger charge is 2.39. The van der Waals surface area contributed by atoms with Gasteiger partial charge in [0.25, 0.3) is 0 Å². The van der Waals surface area contributed by atoms with Crippen LogP contribution >= 0.6 is 0 Å². The van der Waals surface area contributed by atoms with Crippen LogP contribution in [0.4, 0.5) is 4.39 Å². The molecule has 1 aliphatic heterocycles. The summed E-state index contributed by atoms with van der Waals surface area (Å²) in [5, 5.41) is 2.65. The number of nitrogens with one attached hydrogen (secondary N) is 1. The molecule has 0 spiro atoms. The zero-order valence-electron chi connectivity index (χ0n) is 16.2. The van der Waals surface area contributed by atoms with Crippen LogP contribution in [-0.4, -0.2) is 45.4 Å². The van der Waals surface area contributed by atoms with Gasteiger partial charge in [0, 0.05) is 24.7 Å². The molecule has 7 nitrogen and oxygen atoms in total. The second kappa shape index (κ2) is 8.79. The van der Waals surface area contributed by atoms with Gasteiger partial charge < -0.3 is 14.8 Å². The van der Waals surface area contributed by atoms with Crippen molar-refractivity contribution >= 4 is 15.9 Å². The van der Waals surface area contributed by atoms with Crippen molar-refractivity contribution in [1.82, 2.24) is 9.62 Å². The molecule has 1 saturated heterocycles. The van der Waals surface area contributed by atoms with Gasteiger partial charge in [-0.15, -0.1) is 0 Å². The number of methoxy groups -OCH3 is 2. The van der Waals surface area contributed by atoms with E-state index in [1.807, 2.05) is 0 Å². The lowest BCUT2D eigenvalue weighted by Gasteiger charge is -2.24. The van der Waals surface area contributed by atoms with Crippen molar-refractivity contribution in [3.8, 4) is 11.5 Å². The van der Waals surface area contributed by atoms with Crippen molar-refractivity contribution in [3.05, 3.63) is 53.8 Å². The monoisotopic (exact) mass is 422 g/mol. The van der Waals surface area contributed by atoms with Gasteiger partial charge >= 0.3 is 0 Å². The Labute approximate surface area is 169 Å². The third kappa shape index (κ3) is 4.35. The number of nitrogens with zero attached hydrogens (tertiary/aromatic N) is 1. The number of halogens is 1. The molecule has 0 aromatic heterocycles. The van der Waals surface area contributed by atoms with E-state index in [4.69, 9.17) is 9.47 Å². The summed E-state index contributed by atoms with van der Waals surface area (Å²) in [6, 6.07) is 9.58. The number of sulfonamides is 1. The van der Waals surface area contributed by atoms with Gasteiger partial charge in [0.1, 0.15) is 11.9 Å². The van der Waals surface area contributed by atoms with E-state index in [0.717, 1.165) is 0 Å². The zero-order chi connectivity index (χ0) is 21.0. The molecule has 1 fully saturated rings. The SMILES string of the molecule is COc1ccc(S(=O)(=O)N2CCCC2C(=O)NCc2ccccc2F)cc1OC. The van der Waals surface area contributed by atoms with Gasteiger partial charge in [0.2, 0.25) is 15.9 Å². The first-order valence-corrected chi connectivity index (χ1v) is 10.6. The van der Waals surface area contributed by atoms with E-state index in [2.05, 4.69) is 5.32 Å². The third-order valence-corrected chi connectivity index (χ3v) is 6.78. The van der Waals surface area contributed by atoms with Crippen molar-refractivity contribution < 1.29 is 27.1 Å². The summed E-state index contributed by atoms with van der Waals surface area (Å²) in [6.45, 7) is 0.223. The van der Waals surface area contributed by atoms with E-state index < -0.39 is 27.8 Å². The fourth-order valence-electron chi connectivity index (χ4n) is 3.34. The average molecular weight is 422 g/mol. The molecule has 1 aliphatic rings. The van der Waals surface area contributed by atoms with Crippen molar-refractivity contribution in [1.29, 1.82) is 0 Å². The van der Waals surface area contributed by atoms with Crippen LogP contribution in [0.25, 0.3) is 0 Å². The van der Waals surface area contributed by atoms with Gasteiger partial charge in [-0.2, -0.15) is 4.31 Å². The van der Waals surface area contributed by atoms with Crippen LogP contribution in [-0.2, 0) is 21.4 Å². The Morgan fingerprint density at radius 3 is 2.59 bits per heavy atom. The highest BCUT2D eigenvalue weighted by molar-refractivity contribution is 7.89. The van der Waals surface area contributed by atoms with Crippen LogP contribution in [0.2, 0.25) is 0 Å². The van der Waals surface area contributed by atoms with Gasteiger partial charge in [-0.25, -0.2) is 12.8 Å². The number of rotatable bonds is 7. The predicted molar refractivity (Wildman–Crippen MR) is 105 cm³/mol. The number of hydrogen-bond acceptors (Lipinski definition) is 5. The van der Waals surface area contributed by atoms with E-state index in [0.29, 0.717) is 24.2 Å². The Hall–Kier alpha value is -2.65. The van der Waals surface area contributed by atoms with E-state index in [9.17, 15) is 17.6 Å². The summed E-state index contributed by atoms with van der Waals surface area (Å²) in [5.74, 6) is -0.177. The zero-order valence-corrected chi connectivity index (χ0v) is 17.0. The molecular weight excluding hydrogens is 399 g/mol. The van der Waals surface area contributed by atoms with Gasteiger partial charge in [-0.05, 0) is 31.0 Å². The molecule has 2 aromatic carbocycles. The van der Waals surface area contributed by atoms with Crippen LogP contribution in [0, 0.1) is 5.82 Å². The van der Waals surface area contributed by atoms with Crippen molar-refractivity contribution in [2.24, 2.45) is 0 Å². The van der Waals surface area contributed by atoms with Crippen molar-refractivity contribution in [2.45, 2.75) is 30.3 Å². The Balaban J connectivity index is 1.78. The first-order chi connectivity index (χ1) is 13.9. The molecule has 1 N–H and O–H groups in total. The van der Waals surface area contributed by atoms with Gasteiger partial charge in [-0.1, -0.05) is 18.2 Å². The lowest BCUT2D eigenvalue weighted by atomic mass is 10.2. The molecule has 1 unspecified atom stereocenters. The quantitative estimate of drug-likeness (QED) is 0.740. The molecule has 1 heterocycles. The minimum Gasteiger partial charge on any atom is -0.493 e. The summed E-state index contributed by atoms with van der Waals surface area (Å²) in [7, 11) is -1.04. The van der Waals surface area contributed by atoms with Crippen LogP contribution < -0.4 is 14.8 Å². The fraction of sp³-hybridized carbons (Fsp3) is 0.350. The number of amides is 1. The van der Waals surface area contributed by atoms with Crippen LogP contribution in [0.15, 0.2) is 47.4 Å². The second-order valence-corrected chi connectivity index (χ2v) is 8.49. The summed E-state index contributed by atoms with van der Waals surface area (Å²) < 4.78 is 51.5. The molecule has 1 atom stereocenters. The molecule has 3 rings (SSSR count). The van der Waals surface area contributed by atoms with Gasteiger partial charge in [0.15, 0.2) is 11.5 Å². The highest BCUT2D eigenvalue weighted by atomic mass is 32.2. The molecular formula is C20H23FN2O5S. The number of hydrogen-bond donors (Lipinski definition) is 1. The van der Waals surface area contributed by atoms with Gasteiger partial charge in [0.05, 0.1) is 19.1 Å². The molecule has 29 heavy (non-hydrogen) atoms.